The van der Waals surface area contributed by atoms with Crippen molar-refractivity contribution in [2.45, 2.75) is 26.2 Å². The number of aromatic nitrogens is 2. The maximum Gasteiger partial charge on any atom is 0.270 e. The van der Waals surface area contributed by atoms with E-state index < -0.39 is 5.24 Å². The Morgan fingerprint density at radius 1 is 1.22 bits per heavy atom. The molecule has 18 heavy (non-hydrogen) atoms. The molecule has 0 spiro atoms. The first kappa shape index (κ1) is 12.8. The first-order valence-corrected chi connectivity index (χ1v) is 6.13. The Labute approximate surface area is 111 Å². The maximum absolute atomic E-state index is 11.5. The summed E-state index contributed by atoms with van der Waals surface area (Å²) in [6.45, 7) is 6.15. The Morgan fingerprint density at radius 2 is 1.83 bits per heavy atom. The molecule has 0 N–H and O–H groups in total. The molecule has 0 amide bonds. The zero-order valence-electron chi connectivity index (χ0n) is 10.6. The molecule has 1 aromatic heterocycles. The number of nitrogens with zero attached hydrogens (tertiary/aromatic N) is 2. The summed E-state index contributed by atoms with van der Waals surface area (Å²) in [5.41, 5.74) is 1.95. The van der Waals surface area contributed by atoms with Gasteiger partial charge in [0, 0.05) is 5.41 Å². The van der Waals surface area contributed by atoms with Gasteiger partial charge in [-0.2, -0.15) is 5.10 Å². The van der Waals surface area contributed by atoms with Gasteiger partial charge in [-0.1, -0.05) is 39.0 Å². The topological polar surface area (TPSA) is 34.9 Å². The van der Waals surface area contributed by atoms with E-state index in [0.717, 1.165) is 11.4 Å². The second-order valence-corrected chi connectivity index (χ2v) is 5.53. The van der Waals surface area contributed by atoms with Gasteiger partial charge in [-0.25, -0.2) is 4.68 Å². The molecule has 3 nitrogen and oxygen atoms in total. The van der Waals surface area contributed by atoms with Gasteiger partial charge >= 0.3 is 0 Å². The van der Waals surface area contributed by atoms with Crippen molar-refractivity contribution in [3.05, 3.63) is 47.8 Å². The molecule has 0 atom stereocenters. The van der Waals surface area contributed by atoms with E-state index in [4.69, 9.17) is 11.6 Å². The van der Waals surface area contributed by atoms with E-state index in [1.54, 1.807) is 10.7 Å². The first-order chi connectivity index (χ1) is 8.39. The van der Waals surface area contributed by atoms with Crippen molar-refractivity contribution in [1.29, 1.82) is 0 Å². The fourth-order valence-electron chi connectivity index (χ4n) is 1.65. The van der Waals surface area contributed by atoms with E-state index >= 15 is 0 Å². The zero-order chi connectivity index (χ0) is 13.3. The third-order valence-corrected chi connectivity index (χ3v) is 2.87. The quantitative estimate of drug-likeness (QED) is 0.776. The lowest BCUT2D eigenvalue weighted by Gasteiger charge is -2.14. The number of hydrogen-bond donors (Lipinski definition) is 0. The molecule has 0 fully saturated rings. The number of halogens is 1. The molecule has 0 saturated heterocycles. The molecule has 0 radical (unpaired) electrons. The molecule has 0 saturated carbocycles. The van der Waals surface area contributed by atoms with Gasteiger partial charge in [0.2, 0.25) is 0 Å². The first-order valence-electron chi connectivity index (χ1n) is 5.75. The number of para-hydroxylation sites is 1. The van der Waals surface area contributed by atoms with Gasteiger partial charge in [0.15, 0.2) is 0 Å². The Kier molecular flexibility index (Phi) is 3.26. The van der Waals surface area contributed by atoms with Gasteiger partial charge in [0.1, 0.15) is 5.69 Å². The number of carbonyl (C=O) groups excluding carboxylic acids is 1. The van der Waals surface area contributed by atoms with Crippen LogP contribution in [0.15, 0.2) is 36.4 Å². The average molecular weight is 263 g/mol. The molecule has 2 rings (SSSR count). The third kappa shape index (κ3) is 2.46. The largest absolute Gasteiger partial charge is 0.274 e. The van der Waals surface area contributed by atoms with Crippen molar-refractivity contribution in [3.8, 4) is 5.69 Å². The van der Waals surface area contributed by atoms with Crippen LogP contribution in [-0.4, -0.2) is 15.0 Å². The van der Waals surface area contributed by atoms with Crippen LogP contribution < -0.4 is 0 Å². The molecule has 2 aromatic rings. The van der Waals surface area contributed by atoms with E-state index in [-0.39, 0.29) is 5.41 Å². The van der Waals surface area contributed by atoms with Crippen LogP contribution in [0.25, 0.3) is 5.69 Å². The van der Waals surface area contributed by atoms with Crippen LogP contribution in [0.4, 0.5) is 0 Å². The maximum atomic E-state index is 11.5. The van der Waals surface area contributed by atoms with Crippen LogP contribution in [-0.2, 0) is 5.41 Å². The van der Waals surface area contributed by atoms with Crippen molar-refractivity contribution in [2.75, 3.05) is 0 Å². The van der Waals surface area contributed by atoms with Gasteiger partial charge in [0.05, 0.1) is 11.4 Å². The van der Waals surface area contributed by atoms with Crippen LogP contribution in [0.1, 0.15) is 37.0 Å². The molecule has 0 unspecified atom stereocenters. The van der Waals surface area contributed by atoms with Crippen LogP contribution in [0.2, 0.25) is 0 Å². The Bertz CT molecular complexity index is 567. The average Bonchev–Trinajstić information content (AvgIpc) is 2.74. The molecule has 1 heterocycles. The molecule has 1 aromatic carbocycles. The summed E-state index contributed by atoms with van der Waals surface area (Å²) in [4.78, 5) is 11.5. The number of carbonyl (C=O) groups is 1. The van der Waals surface area contributed by atoms with Crippen LogP contribution in [0.5, 0.6) is 0 Å². The minimum Gasteiger partial charge on any atom is -0.274 e. The lowest BCUT2D eigenvalue weighted by molar-refractivity contribution is 0.107. The van der Waals surface area contributed by atoms with Gasteiger partial charge in [-0.15, -0.1) is 0 Å². The van der Waals surface area contributed by atoms with Gasteiger partial charge < -0.3 is 0 Å². The van der Waals surface area contributed by atoms with E-state index in [9.17, 15) is 4.79 Å². The highest BCUT2D eigenvalue weighted by molar-refractivity contribution is 6.67. The predicted molar refractivity (Wildman–Crippen MR) is 72.4 cm³/mol. The molecule has 0 aliphatic heterocycles. The van der Waals surface area contributed by atoms with E-state index in [2.05, 4.69) is 5.10 Å². The standard InChI is InChI=1S/C14H15ClN2O/c1-14(2,3)12-9-11(13(15)18)17(16-12)10-7-5-4-6-8-10/h4-9H,1-3H3. The fraction of sp³-hybridized carbons (Fsp3) is 0.286. The predicted octanol–water partition coefficient (Wildman–Crippen LogP) is 3.55. The van der Waals surface area contributed by atoms with E-state index in [0.29, 0.717) is 5.69 Å². The number of hydrogen-bond acceptors (Lipinski definition) is 2. The molecule has 4 heteroatoms. The van der Waals surface area contributed by atoms with Crippen LogP contribution in [0, 0.1) is 0 Å². The highest BCUT2D eigenvalue weighted by atomic mass is 35.5. The van der Waals surface area contributed by atoms with Crippen molar-refractivity contribution in [3.63, 3.8) is 0 Å². The molecule has 0 bridgehead atoms. The van der Waals surface area contributed by atoms with Crippen LogP contribution in [0.3, 0.4) is 0 Å². The zero-order valence-corrected chi connectivity index (χ0v) is 11.4. The third-order valence-electron chi connectivity index (χ3n) is 2.68. The SMILES string of the molecule is CC(C)(C)c1cc(C(=O)Cl)n(-c2ccccc2)n1. The normalized spacial score (nSPS) is 11.6. The number of rotatable bonds is 2. The van der Waals surface area contributed by atoms with Crippen molar-refractivity contribution in [2.24, 2.45) is 0 Å². The van der Waals surface area contributed by atoms with Crippen LogP contribution >= 0.6 is 11.6 Å². The highest BCUT2D eigenvalue weighted by Crippen LogP contribution is 2.24. The second-order valence-electron chi connectivity index (χ2n) is 5.19. The van der Waals surface area contributed by atoms with Gasteiger partial charge in [0.25, 0.3) is 5.24 Å². The van der Waals surface area contributed by atoms with Gasteiger partial charge in [-0.3, -0.25) is 4.79 Å². The summed E-state index contributed by atoms with van der Waals surface area (Å²) in [5, 5.41) is 3.99. The van der Waals surface area contributed by atoms with Crippen molar-refractivity contribution in [1.82, 2.24) is 9.78 Å². The minimum atomic E-state index is -0.498. The second kappa shape index (κ2) is 4.58. The summed E-state index contributed by atoms with van der Waals surface area (Å²) >= 11 is 5.62. The Balaban J connectivity index is 2.60. The monoisotopic (exact) mass is 262 g/mol. The molecule has 94 valence electrons. The van der Waals surface area contributed by atoms with Gasteiger partial charge in [-0.05, 0) is 29.8 Å². The van der Waals surface area contributed by atoms with Crippen molar-refractivity contribution >= 4 is 16.8 Å². The lowest BCUT2D eigenvalue weighted by Crippen LogP contribution is -2.12. The minimum absolute atomic E-state index is 0.124. The summed E-state index contributed by atoms with van der Waals surface area (Å²) < 4.78 is 1.59. The Morgan fingerprint density at radius 3 is 2.33 bits per heavy atom. The molecular formula is C14H15ClN2O. The molecule has 0 aliphatic rings. The summed E-state index contributed by atoms with van der Waals surface area (Å²) in [7, 11) is 0. The molecular weight excluding hydrogens is 248 g/mol. The summed E-state index contributed by atoms with van der Waals surface area (Å²) in [5.74, 6) is 0. The van der Waals surface area contributed by atoms with Crippen molar-refractivity contribution < 1.29 is 4.79 Å². The van der Waals surface area contributed by atoms with E-state index in [1.807, 2.05) is 51.1 Å². The fourth-order valence-corrected chi connectivity index (χ4v) is 1.79. The Hall–Kier alpha value is -1.61. The summed E-state index contributed by atoms with van der Waals surface area (Å²) in [6, 6.07) is 11.3. The molecule has 0 aliphatic carbocycles. The summed E-state index contributed by atoms with van der Waals surface area (Å²) in [6.07, 6.45) is 0. The number of benzene rings is 1. The smallest absolute Gasteiger partial charge is 0.270 e. The lowest BCUT2D eigenvalue weighted by atomic mass is 9.92. The van der Waals surface area contributed by atoms with E-state index in [1.165, 1.54) is 0 Å². The highest BCUT2D eigenvalue weighted by Gasteiger charge is 2.22.